The van der Waals surface area contributed by atoms with Crippen molar-refractivity contribution in [1.29, 1.82) is 0 Å². The Kier molecular flexibility index (Phi) is 4.33. The smallest absolute Gasteiger partial charge is 0.355 e. The molecule has 0 aromatic carbocycles. The maximum atomic E-state index is 11.9. The largest absolute Gasteiger partial charge is 0.476 e. The summed E-state index contributed by atoms with van der Waals surface area (Å²) in [6, 6.07) is -0.366. The lowest BCUT2D eigenvalue weighted by atomic mass is 10.2. The van der Waals surface area contributed by atoms with Gasteiger partial charge in [-0.15, -0.1) is 11.3 Å². The Bertz CT molecular complexity index is 476. The van der Waals surface area contributed by atoms with Gasteiger partial charge in [0.15, 0.2) is 5.69 Å². The second-order valence-corrected chi connectivity index (χ2v) is 5.21. The van der Waals surface area contributed by atoms with Crippen molar-refractivity contribution in [2.24, 2.45) is 0 Å². The monoisotopic (exact) mass is 285 g/mol. The maximum absolute atomic E-state index is 11.9. The average Bonchev–Trinajstić information content (AvgIpc) is 3.04. The third-order valence-electron chi connectivity index (χ3n) is 3.01. The van der Waals surface area contributed by atoms with Crippen LogP contribution in [0.5, 0.6) is 0 Å². The lowest BCUT2D eigenvalue weighted by Crippen LogP contribution is -2.43. The first-order valence-electron chi connectivity index (χ1n) is 5.95. The molecule has 19 heavy (non-hydrogen) atoms. The molecule has 104 valence electrons. The molecule has 0 bridgehead atoms. The summed E-state index contributed by atoms with van der Waals surface area (Å²) >= 11 is 1.19. The lowest BCUT2D eigenvalue weighted by Gasteiger charge is -2.22. The first-order valence-corrected chi connectivity index (χ1v) is 6.83. The third kappa shape index (κ3) is 3.21. The highest BCUT2D eigenvalue weighted by Gasteiger charge is 2.27. The quantitative estimate of drug-likeness (QED) is 0.748. The number of aromatic carboxylic acids is 1. The van der Waals surface area contributed by atoms with Gasteiger partial charge >= 0.3 is 12.0 Å². The molecule has 0 saturated carbocycles. The molecule has 0 spiro atoms. The van der Waals surface area contributed by atoms with Crippen molar-refractivity contribution in [3.05, 3.63) is 16.1 Å². The van der Waals surface area contributed by atoms with E-state index in [4.69, 9.17) is 10.2 Å². The molecule has 1 aromatic rings. The molecule has 7 nitrogen and oxygen atoms in total. The first kappa shape index (κ1) is 13.8. The van der Waals surface area contributed by atoms with Crippen LogP contribution in [-0.4, -0.2) is 51.3 Å². The highest BCUT2D eigenvalue weighted by atomic mass is 32.1. The van der Waals surface area contributed by atoms with E-state index in [1.807, 2.05) is 0 Å². The molecule has 1 aliphatic rings. The van der Waals surface area contributed by atoms with Crippen molar-refractivity contribution in [3.8, 4) is 0 Å². The molecule has 0 aliphatic carbocycles. The predicted octanol–water partition coefficient (Wildman–Crippen LogP) is 0.508. The van der Waals surface area contributed by atoms with E-state index in [0.29, 0.717) is 11.6 Å². The fourth-order valence-electron chi connectivity index (χ4n) is 2.04. The highest BCUT2D eigenvalue weighted by Crippen LogP contribution is 2.17. The van der Waals surface area contributed by atoms with Crippen LogP contribution < -0.4 is 5.32 Å². The van der Waals surface area contributed by atoms with Gasteiger partial charge in [-0.05, 0) is 12.8 Å². The van der Waals surface area contributed by atoms with E-state index >= 15 is 0 Å². The van der Waals surface area contributed by atoms with E-state index < -0.39 is 5.97 Å². The molecule has 1 saturated heterocycles. The molecule has 3 N–H and O–H groups in total. The van der Waals surface area contributed by atoms with E-state index in [-0.39, 0.29) is 30.9 Å². The Labute approximate surface area is 113 Å². The lowest BCUT2D eigenvalue weighted by molar-refractivity contribution is 0.0691. The zero-order valence-corrected chi connectivity index (χ0v) is 11.0. The number of carboxylic acids is 1. The number of hydrogen-bond acceptors (Lipinski definition) is 5. The van der Waals surface area contributed by atoms with Gasteiger partial charge in [0.2, 0.25) is 0 Å². The minimum absolute atomic E-state index is 0.0105. The Hall–Kier alpha value is -1.67. The van der Waals surface area contributed by atoms with Crippen molar-refractivity contribution >= 4 is 23.3 Å². The number of rotatable bonds is 4. The summed E-state index contributed by atoms with van der Waals surface area (Å²) < 4.78 is 0. The minimum Gasteiger partial charge on any atom is -0.476 e. The molecule has 1 aliphatic heterocycles. The number of aliphatic hydroxyl groups is 1. The number of amides is 2. The topological polar surface area (TPSA) is 103 Å². The van der Waals surface area contributed by atoms with Crippen LogP contribution >= 0.6 is 11.3 Å². The van der Waals surface area contributed by atoms with E-state index in [2.05, 4.69) is 10.3 Å². The minimum atomic E-state index is -1.08. The molecule has 2 amide bonds. The van der Waals surface area contributed by atoms with Crippen molar-refractivity contribution in [2.45, 2.75) is 25.4 Å². The number of likely N-dealkylation sites (tertiary alicyclic amines) is 1. The van der Waals surface area contributed by atoms with E-state index in [1.54, 1.807) is 4.90 Å². The number of carboxylic acid groups (broad SMARTS) is 1. The molecule has 1 aromatic heterocycles. The van der Waals surface area contributed by atoms with Crippen LogP contribution in [0.4, 0.5) is 4.79 Å². The van der Waals surface area contributed by atoms with Crippen LogP contribution in [0, 0.1) is 0 Å². The van der Waals surface area contributed by atoms with Crippen LogP contribution in [0.3, 0.4) is 0 Å². The summed E-state index contributed by atoms with van der Waals surface area (Å²) in [4.78, 5) is 28.0. The van der Waals surface area contributed by atoms with Gasteiger partial charge in [0, 0.05) is 11.9 Å². The van der Waals surface area contributed by atoms with Gasteiger partial charge in [-0.1, -0.05) is 0 Å². The standard InChI is InChI=1S/C11H15N3O4S/c15-5-7-2-1-3-14(7)11(18)12-4-9-13-8(6-19-9)10(16)17/h6-7,15H,1-5H2,(H,12,18)(H,16,17). The Morgan fingerprint density at radius 3 is 3.00 bits per heavy atom. The van der Waals surface area contributed by atoms with Gasteiger partial charge in [0.05, 0.1) is 19.2 Å². The fourth-order valence-corrected chi connectivity index (χ4v) is 2.74. The number of carbonyl (C=O) groups is 2. The molecule has 1 fully saturated rings. The summed E-state index contributed by atoms with van der Waals surface area (Å²) in [5.74, 6) is -1.08. The van der Waals surface area contributed by atoms with Gasteiger partial charge in [-0.2, -0.15) is 0 Å². The number of aromatic nitrogens is 1. The first-order chi connectivity index (χ1) is 9.11. The molecule has 2 heterocycles. The van der Waals surface area contributed by atoms with Gasteiger partial charge in [-0.3, -0.25) is 0 Å². The predicted molar refractivity (Wildman–Crippen MR) is 68.1 cm³/mol. The van der Waals surface area contributed by atoms with E-state index in [0.717, 1.165) is 12.8 Å². The molecule has 2 rings (SSSR count). The van der Waals surface area contributed by atoms with Crippen molar-refractivity contribution < 1.29 is 19.8 Å². The average molecular weight is 285 g/mol. The van der Waals surface area contributed by atoms with E-state index in [9.17, 15) is 9.59 Å². The Balaban J connectivity index is 1.87. The second-order valence-electron chi connectivity index (χ2n) is 4.26. The number of urea groups is 1. The van der Waals surface area contributed by atoms with Crippen LogP contribution in [0.15, 0.2) is 5.38 Å². The maximum Gasteiger partial charge on any atom is 0.355 e. The van der Waals surface area contributed by atoms with Crippen molar-refractivity contribution in [3.63, 3.8) is 0 Å². The van der Waals surface area contributed by atoms with Crippen LogP contribution in [0.1, 0.15) is 28.3 Å². The van der Waals surface area contributed by atoms with E-state index in [1.165, 1.54) is 16.7 Å². The van der Waals surface area contributed by atoms with Gasteiger partial charge in [0.1, 0.15) is 5.01 Å². The SMILES string of the molecule is O=C(O)c1csc(CNC(=O)N2CCCC2CO)n1. The van der Waals surface area contributed by atoms with Crippen molar-refractivity contribution in [1.82, 2.24) is 15.2 Å². The highest BCUT2D eigenvalue weighted by molar-refractivity contribution is 7.09. The van der Waals surface area contributed by atoms with Gasteiger partial charge in [0.25, 0.3) is 0 Å². The van der Waals surface area contributed by atoms with Gasteiger partial charge in [-0.25, -0.2) is 14.6 Å². The number of nitrogens with zero attached hydrogens (tertiary/aromatic N) is 2. The number of aliphatic hydroxyl groups excluding tert-OH is 1. The van der Waals surface area contributed by atoms with Crippen LogP contribution in [0.25, 0.3) is 0 Å². The molecule has 1 atom stereocenters. The number of thiazole rings is 1. The Morgan fingerprint density at radius 2 is 2.37 bits per heavy atom. The molecular weight excluding hydrogens is 270 g/mol. The van der Waals surface area contributed by atoms with Gasteiger partial charge < -0.3 is 20.4 Å². The normalized spacial score (nSPS) is 18.6. The summed E-state index contributed by atoms with van der Waals surface area (Å²) in [6.45, 7) is 0.800. The fraction of sp³-hybridized carbons (Fsp3) is 0.545. The number of hydrogen-bond donors (Lipinski definition) is 3. The van der Waals surface area contributed by atoms with Crippen LogP contribution in [0.2, 0.25) is 0 Å². The molecule has 1 unspecified atom stereocenters. The second kappa shape index (κ2) is 5.98. The summed E-state index contributed by atoms with van der Waals surface area (Å²) in [6.07, 6.45) is 1.70. The summed E-state index contributed by atoms with van der Waals surface area (Å²) in [5.41, 5.74) is -0.0105. The summed E-state index contributed by atoms with van der Waals surface area (Å²) in [5, 5.41) is 22.5. The summed E-state index contributed by atoms with van der Waals surface area (Å²) in [7, 11) is 0. The zero-order chi connectivity index (χ0) is 13.8. The number of nitrogens with one attached hydrogen (secondary N) is 1. The molecule has 0 radical (unpaired) electrons. The number of carbonyl (C=O) groups excluding carboxylic acids is 1. The zero-order valence-electron chi connectivity index (χ0n) is 10.2. The molecular formula is C11H15N3O4S. The van der Waals surface area contributed by atoms with Crippen molar-refractivity contribution in [2.75, 3.05) is 13.2 Å². The third-order valence-corrected chi connectivity index (χ3v) is 3.86. The van der Waals surface area contributed by atoms with Crippen LogP contribution in [-0.2, 0) is 6.54 Å². The molecule has 8 heteroatoms. The Morgan fingerprint density at radius 1 is 1.58 bits per heavy atom.